The Morgan fingerprint density at radius 3 is 2.74 bits per heavy atom. The van der Waals surface area contributed by atoms with Gasteiger partial charge in [-0.3, -0.25) is 4.79 Å². The minimum atomic E-state index is 0. The highest BCUT2D eigenvalue weighted by Gasteiger charge is 2.19. The molecular formula is C17H27ClN2O3. The van der Waals surface area contributed by atoms with Crippen LogP contribution in [-0.2, 0) is 0 Å². The number of rotatable bonds is 5. The van der Waals surface area contributed by atoms with Gasteiger partial charge in [-0.2, -0.15) is 0 Å². The van der Waals surface area contributed by atoms with Gasteiger partial charge in [-0.25, -0.2) is 0 Å². The van der Waals surface area contributed by atoms with Gasteiger partial charge < -0.3 is 19.7 Å². The van der Waals surface area contributed by atoms with Crippen molar-refractivity contribution < 1.29 is 14.3 Å². The van der Waals surface area contributed by atoms with Crippen molar-refractivity contribution in [2.75, 3.05) is 39.9 Å². The van der Waals surface area contributed by atoms with Gasteiger partial charge in [0, 0.05) is 25.2 Å². The fourth-order valence-electron chi connectivity index (χ4n) is 2.41. The minimum absolute atomic E-state index is 0. The van der Waals surface area contributed by atoms with Crippen LogP contribution < -0.4 is 14.8 Å². The Morgan fingerprint density at radius 2 is 2.04 bits per heavy atom. The Morgan fingerprint density at radius 1 is 1.26 bits per heavy atom. The van der Waals surface area contributed by atoms with Gasteiger partial charge in [-0.15, -0.1) is 12.4 Å². The molecule has 23 heavy (non-hydrogen) atoms. The van der Waals surface area contributed by atoms with Crippen molar-refractivity contribution >= 4 is 18.3 Å². The second-order valence-corrected chi connectivity index (χ2v) is 5.97. The molecule has 2 rings (SSSR count). The second-order valence-electron chi connectivity index (χ2n) is 5.97. The molecule has 0 aromatic heterocycles. The molecule has 6 heteroatoms. The standard InChI is InChI=1S/C17H26N2O3.ClH/c1-13(2)12-22-15-6-5-14(11-16(15)21-3)17(20)19-9-4-7-18-8-10-19;/h5-6,11,13,18H,4,7-10,12H2,1-3H3;1H. The van der Waals surface area contributed by atoms with E-state index in [4.69, 9.17) is 9.47 Å². The SMILES string of the molecule is COc1cc(C(=O)N2CCCNCC2)ccc1OCC(C)C.Cl. The largest absolute Gasteiger partial charge is 0.493 e. The molecule has 1 heterocycles. The molecule has 1 saturated heterocycles. The maximum absolute atomic E-state index is 12.6. The third-order valence-corrected chi connectivity index (χ3v) is 3.61. The number of carbonyl (C=O) groups excluding carboxylic acids is 1. The summed E-state index contributed by atoms with van der Waals surface area (Å²) in [6.07, 6.45) is 0.985. The van der Waals surface area contributed by atoms with Gasteiger partial charge in [-0.05, 0) is 37.1 Å². The molecule has 1 N–H and O–H groups in total. The minimum Gasteiger partial charge on any atom is -0.493 e. The molecule has 0 saturated carbocycles. The van der Waals surface area contributed by atoms with E-state index in [1.54, 1.807) is 13.2 Å². The van der Waals surface area contributed by atoms with Crippen molar-refractivity contribution in [2.24, 2.45) is 5.92 Å². The van der Waals surface area contributed by atoms with E-state index in [1.165, 1.54) is 0 Å². The van der Waals surface area contributed by atoms with Gasteiger partial charge in [0.05, 0.1) is 13.7 Å². The molecule has 1 amide bonds. The summed E-state index contributed by atoms with van der Waals surface area (Å²) >= 11 is 0. The first-order chi connectivity index (χ1) is 10.6. The van der Waals surface area contributed by atoms with Crippen LogP contribution in [0.5, 0.6) is 11.5 Å². The van der Waals surface area contributed by atoms with E-state index < -0.39 is 0 Å². The Hall–Kier alpha value is -1.46. The van der Waals surface area contributed by atoms with E-state index >= 15 is 0 Å². The summed E-state index contributed by atoms with van der Waals surface area (Å²) in [5.41, 5.74) is 0.649. The first-order valence-electron chi connectivity index (χ1n) is 7.92. The third-order valence-electron chi connectivity index (χ3n) is 3.61. The van der Waals surface area contributed by atoms with E-state index in [1.807, 2.05) is 17.0 Å². The van der Waals surface area contributed by atoms with Crippen LogP contribution in [0.2, 0.25) is 0 Å². The molecule has 1 aliphatic rings. The van der Waals surface area contributed by atoms with E-state index in [-0.39, 0.29) is 18.3 Å². The van der Waals surface area contributed by atoms with Crippen LogP contribution in [-0.4, -0.2) is 50.7 Å². The number of methoxy groups -OCH3 is 1. The summed E-state index contributed by atoms with van der Waals surface area (Å²) in [6, 6.07) is 5.42. The van der Waals surface area contributed by atoms with Gasteiger partial charge in [0.1, 0.15) is 0 Å². The lowest BCUT2D eigenvalue weighted by atomic mass is 10.1. The van der Waals surface area contributed by atoms with Crippen LogP contribution in [0.4, 0.5) is 0 Å². The zero-order valence-electron chi connectivity index (χ0n) is 14.1. The molecule has 0 spiro atoms. The molecule has 0 unspecified atom stereocenters. The Balaban J connectivity index is 0.00000264. The summed E-state index contributed by atoms with van der Waals surface area (Å²) in [5, 5.41) is 3.30. The van der Waals surface area contributed by atoms with Crippen LogP contribution in [0, 0.1) is 5.92 Å². The van der Waals surface area contributed by atoms with E-state index in [0.717, 1.165) is 32.6 Å². The van der Waals surface area contributed by atoms with Gasteiger partial charge >= 0.3 is 0 Å². The zero-order chi connectivity index (χ0) is 15.9. The normalized spacial score (nSPS) is 14.9. The first kappa shape index (κ1) is 19.6. The number of halogens is 1. The average molecular weight is 343 g/mol. The Bertz CT molecular complexity index is 501. The van der Waals surface area contributed by atoms with Crippen LogP contribution in [0.25, 0.3) is 0 Å². The van der Waals surface area contributed by atoms with Crippen molar-refractivity contribution in [1.29, 1.82) is 0 Å². The lowest BCUT2D eigenvalue weighted by molar-refractivity contribution is 0.0766. The number of benzene rings is 1. The molecule has 1 aromatic rings. The number of nitrogens with one attached hydrogen (secondary N) is 1. The maximum atomic E-state index is 12.6. The molecule has 130 valence electrons. The molecular weight excluding hydrogens is 316 g/mol. The Labute approximate surface area is 144 Å². The fourth-order valence-corrected chi connectivity index (χ4v) is 2.41. The number of amides is 1. The topological polar surface area (TPSA) is 50.8 Å². The van der Waals surface area contributed by atoms with E-state index in [0.29, 0.717) is 29.6 Å². The number of nitrogens with zero attached hydrogens (tertiary/aromatic N) is 1. The van der Waals surface area contributed by atoms with E-state index in [9.17, 15) is 4.79 Å². The molecule has 0 aliphatic carbocycles. The summed E-state index contributed by atoms with van der Waals surface area (Å²) in [4.78, 5) is 14.5. The summed E-state index contributed by atoms with van der Waals surface area (Å²) in [6.45, 7) is 8.16. The number of ether oxygens (including phenoxy) is 2. The second kappa shape index (κ2) is 9.63. The predicted molar refractivity (Wildman–Crippen MR) is 94.0 cm³/mol. The molecule has 1 aliphatic heterocycles. The highest BCUT2D eigenvalue weighted by Crippen LogP contribution is 2.29. The number of hydrogen-bond donors (Lipinski definition) is 1. The highest BCUT2D eigenvalue weighted by atomic mass is 35.5. The molecule has 0 atom stereocenters. The lowest BCUT2D eigenvalue weighted by Crippen LogP contribution is -2.34. The molecule has 5 nitrogen and oxygen atoms in total. The van der Waals surface area contributed by atoms with Gasteiger partial charge in [-0.1, -0.05) is 13.8 Å². The van der Waals surface area contributed by atoms with E-state index in [2.05, 4.69) is 19.2 Å². The lowest BCUT2D eigenvalue weighted by Gasteiger charge is -2.21. The summed E-state index contributed by atoms with van der Waals surface area (Å²) in [5.74, 6) is 1.79. The van der Waals surface area contributed by atoms with Crippen molar-refractivity contribution in [3.8, 4) is 11.5 Å². The monoisotopic (exact) mass is 342 g/mol. The first-order valence-corrected chi connectivity index (χ1v) is 7.92. The quantitative estimate of drug-likeness (QED) is 0.893. The maximum Gasteiger partial charge on any atom is 0.254 e. The molecule has 0 radical (unpaired) electrons. The molecule has 0 bridgehead atoms. The van der Waals surface area contributed by atoms with Gasteiger partial charge in [0.2, 0.25) is 0 Å². The van der Waals surface area contributed by atoms with Gasteiger partial charge in [0.25, 0.3) is 5.91 Å². The number of carbonyl (C=O) groups is 1. The van der Waals surface area contributed by atoms with Crippen molar-refractivity contribution in [1.82, 2.24) is 10.2 Å². The van der Waals surface area contributed by atoms with Gasteiger partial charge in [0.15, 0.2) is 11.5 Å². The van der Waals surface area contributed by atoms with Crippen molar-refractivity contribution in [3.63, 3.8) is 0 Å². The van der Waals surface area contributed by atoms with Crippen molar-refractivity contribution in [2.45, 2.75) is 20.3 Å². The molecule has 1 aromatic carbocycles. The highest BCUT2D eigenvalue weighted by molar-refractivity contribution is 5.95. The average Bonchev–Trinajstić information content (AvgIpc) is 2.81. The summed E-state index contributed by atoms with van der Waals surface area (Å²) < 4.78 is 11.1. The Kier molecular flexibility index (Phi) is 8.20. The predicted octanol–water partition coefficient (Wildman–Crippen LogP) is 2.59. The van der Waals surface area contributed by atoms with Crippen molar-refractivity contribution in [3.05, 3.63) is 23.8 Å². The molecule has 1 fully saturated rings. The van der Waals surface area contributed by atoms with Crippen LogP contribution in [0.3, 0.4) is 0 Å². The zero-order valence-corrected chi connectivity index (χ0v) is 14.9. The summed E-state index contributed by atoms with van der Waals surface area (Å²) in [7, 11) is 1.60. The fraction of sp³-hybridized carbons (Fsp3) is 0.588. The van der Waals surface area contributed by atoms with Crippen LogP contribution in [0.15, 0.2) is 18.2 Å². The smallest absolute Gasteiger partial charge is 0.254 e. The van der Waals surface area contributed by atoms with Crippen LogP contribution >= 0.6 is 12.4 Å². The van der Waals surface area contributed by atoms with Crippen LogP contribution in [0.1, 0.15) is 30.6 Å². The number of hydrogen-bond acceptors (Lipinski definition) is 4. The third kappa shape index (κ3) is 5.59.